The first-order valence-electron chi connectivity index (χ1n) is 7.70. The first-order chi connectivity index (χ1) is 13.2. The maximum Gasteiger partial charge on any atom is 0.299 e. The summed E-state index contributed by atoms with van der Waals surface area (Å²) in [7, 11) is -4.35. The molecule has 0 saturated heterocycles. The second-order valence-electron chi connectivity index (χ2n) is 5.70. The molecule has 0 spiro atoms. The molecule has 4 N–H and O–H groups in total. The molecule has 0 amide bonds. The Hall–Kier alpha value is -3.20. The normalized spacial score (nSPS) is 12.1. The molecule has 13 nitrogen and oxygen atoms in total. The molecule has 0 unspecified atom stereocenters. The average molecular weight is 409 g/mol. The lowest BCUT2D eigenvalue weighted by atomic mass is 10.2. The minimum Gasteiger partial charge on any atom is -0.293 e. The van der Waals surface area contributed by atoms with Crippen molar-refractivity contribution in [2.24, 2.45) is 10.2 Å². The summed E-state index contributed by atoms with van der Waals surface area (Å²) in [4.78, 5) is 20.2. The van der Waals surface area contributed by atoms with E-state index >= 15 is 0 Å². The van der Waals surface area contributed by atoms with Crippen molar-refractivity contribution >= 4 is 21.8 Å². The molecule has 0 aliphatic carbocycles. The van der Waals surface area contributed by atoms with E-state index in [9.17, 15) is 13.2 Å². The number of hydrogen-bond acceptors (Lipinski definition) is 9. The number of H-pyrrole nitrogens is 2. The number of hydrogen-bond donors (Lipinski definition) is 4. The van der Waals surface area contributed by atoms with Crippen LogP contribution in [0.1, 0.15) is 17.1 Å². The van der Waals surface area contributed by atoms with Gasteiger partial charge >= 0.3 is 0 Å². The van der Waals surface area contributed by atoms with Gasteiger partial charge in [0.15, 0.2) is 11.5 Å². The molecule has 0 bridgehead atoms. The summed E-state index contributed by atoms with van der Waals surface area (Å²) in [5.41, 5.74) is 0.690. The van der Waals surface area contributed by atoms with Gasteiger partial charge in [0.1, 0.15) is 6.61 Å². The van der Waals surface area contributed by atoms with Crippen molar-refractivity contribution in [3.8, 4) is 5.69 Å². The molecule has 3 aromatic rings. The smallest absolute Gasteiger partial charge is 0.293 e. The Kier molecular flexibility index (Phi) is 5.19. The summed E-state index contributed by atoms with van der Waals surface area (Å²) in [6.07, 6.45) is 0. The van der Waals surface area contributed by atoms with Crippen molar-refractivity contribution < 1.29 is 23.1 Å². The van der Waals surface area contributed by atoms with Gasteiger partial charge in [-0.3, -0.25) is 24.8 Å². The molecule has 2 heterocycles. The van der Waals surface area contributed by atoms with Crippen LogP contribution in [0.2, 0.25) is 0 Å². The predicted octanol–water partition coefficient (Wildman–Crippen LogP) is 1.55. The SMILES string of the molecule is Cc1cc(S(=O)(=O)O)ccc1-n1[nH]c(C)c(N=Nc2n[nH]c(COO)n2)c1=O. The van der Waals surface area contributed by atoms with Crippen LogP contribution in [-0.2, 0) is 21.6 Å². The Morgan fingerprint density at radius 2 is 2.04 bits per heavy atom. The van der Waals surface area contributed by atoms with E-state index in [4.69, 9.17) is 9.81 Å². The molecular weight excluding hydrogens is 394 g/mol. The molecule has 0 radical (unpaired) electrons. The number of azo groups is 1. The largest absolute Gasteiger partial charge is 0.299 e. The summed E-state index contributed by atoms with van der Waals surface area (Å²) in [5.74, 6) is 0.154. The van der Waals surface area contributed by atoms with Gasteiger partial charge < -0.3 is 0 Å². The first kappa shape index (κ1) is 19.6. The van der Waals surface area contributed by atoms with Crippen LogP contribution in [0.3, 0.4) is 0 Å². The fraction of sp³-hybridized carbons (Fsp3) is 0.214. The molecule has 1 aromatic carbocycles. The molecule has 14 heteroatoms. The van der Waals surface area contributed by atoms with Crippen LogP contribution in [0.5, 0.6) is 0 Å². The number of aromatic amines is 2. The quantitative estimate of drug-likeness (QED) is 0.204. The van der Waals surface area contributed by atoms with Crippen molar-refractivity contribution in [1.29, 1.82) is 0 Å². The summed E-state index contributed by atoms with van der Waals surface area (Å²) in [6, 6.07) is 3.81. The monoisotopic (exact) mass is 409 g/mol. The van der Waals surface area contributed by atoms with E-state index in [2.05, 4.69) is 35.4 Å². The van der Waals surface area contributed by atoms with Crippen LogP contribution in [0, 0.1) is 13.8 Å². The minimum absolute atomic E-state index is 0.00279. The summed E-state index contributed by atoms with van der Waals surface area (Å²) >= 11 is 0. The maximum absolute atomic E-state index is 12.7. The minimum atomic E-state index is -4.35. The highest BCUT2D eigenvalue weighted by Gasteiger charge is 2.16. The second kappa shape index (κ2) is 7.43. The number of rotatable bonds is 6. The standard InChI is InChI=1S/C14H15N7O6S/c1-7-5-9(28(24,25)26)3-4-10(7)21-13(22)12(8(2)20-21)17-19-14-15-11(6-27-23)16-18-14/h3-5,20,23H,6H2,1-2H3,(H,15,16,18)(H,24,25,26). The predicted molar refractivity (Wildman–Crippen MR) is 93.7 cm³/mol. The Morgan fingerprint density at radius 1 is 1.29 bits per heavy atom. The van der Waals surface area contributed by atoms with Gasteiger partial charge in [0, 0.05) is 0 Å². The van der Waals surface area contributed by atoms with E-state index in [0.29, 0.717) is 16.9 Å². The van der Waals surface area contributed by atoms with Gasteiger partial charge in [0.05, 0.1) is 16.3 Å². The van der Waals surface area contributed by atoms with E-state index in [-0.39, 0.29) is 29.0 Å². The zero-order valence-corrected chi connectivity index (χ0v) is 15.4. The second-order valence-corrected chi connectivity index (χ2v) is 7.13. The summed E-state index contributed by atoms with van der Waals surface area (Å²) < 4.78 is 32.8. The van der Waals surface area contributed by atoms with Crippen molar-refractivity contribution in [3.05, 3.63) is 45.6 Å². The van der Waals surface area contributed by atoms with Crippen molar-refractivity contribution in [2.45, 2.75) is 25.3 Å². The van der Waals surface area contributed by atoms with E-state index < -0.39 is 15.7 Å². The molecule has 2 aromatic heterocycles. The Morgan fingerprint density at radius 3 is 2.68 bits per heavy atom. The fourth-order valence-corrected chi connectivity index (χ4v) is 2.98. The highest BCUT2D eigenvalue weighted by Crippen LogP contribution is 2.21. The van der Waals surface area contributed by atoms with Gasteiger partial charge in [-0.25, -0.2) is 9.57 Å². The lowest BCUT2D eigenvalue weighted by Crippen LogP contribution is -2.15. The molecular formula is C14H15N7O6S. The first-order valence-corrected chi connectivity index (χ1v) is 9.14. The van der Waals surface area contributed by atoms with E-state index in [1.54, 1.807) is 13.8 Å². The third kappa shape index (κ3) is 3.89. The van der Waals surface area contributed by atoms with Crippen molar-refractivity contribution in [1.82, 2.24) is 25.0 Å². The topological polar surface area (TPSA) is 188 Å². The third-order valence-corrected chi connectivity index (χ3v) is 4.56. The Bertz CT molecular complexity index is 1210. The Balaban J connectivity index is 1.96. The van der Waals surface area contributed by atoms with Crippen LogP contribution < -0.4 is 5.56 Å². The van der Waals surface area contributed by atoms with Gasteiger partial charge in [0.2, 0.25) is 0 Å². The van der Waals surface area contributed by atoms with Gasteiger partial charge in [-0.1, -0.05) is 0 Å². The zero-order valence-electron chi connectivity index (χ0n) is 14.6. The number of aromatic nitrogens is 5. The molecule has 0 fully saturated rings. The molecule has 148 valence electrons. The highest BCUT2D eigenvalue weighted by atomic mass is 32.2. The van der Waals surface area contributed by atoms with Gasteiger partial charge in [-0.15, -0.1) is 15.3 Å². The van der Waals surface area contributed by atoms with E-state index in [1.807, 2.05) is 0 Å². The molecule has 0 atom stereocenters. The number of benzene rings is 1. The molecule has 3 rings (SSSR count). The molecule has 0 aliphatic rings. The molecule has 0 aliphatic heterocycles. The van der Waals surface area contributed by atoms with Crippen molar-refractivity contribution in [3.63, 3.8) is 0 Å². The van der Waals surface area contributed by atoms with Crippen LogP contribution in [0.25, 0.3) is 5.69 Å². The van der Waals surface area contributed by atoms with E-state index in [0.717, 1.165) is 0 Å². The van der Waals surface area contributed by atoms with Gasteiger partial charge in [-0.2, -0.15) is 13.4 Å². The summed E-state index contributed by atoms with van der Waals surface area (Å²) in [6.45, 7) is 2.99. The summed E-state index contributed by atoms with van der Waals surface area (Å²) in [5, 5.41) is 25.0. The van der Waals surface area contributed by atoms with Crippen LogP contribution in [0.15, 0.2) is 38.1 Å². The fourth-order valence-electron chi connectivity index (χ4n) is 2.41. The maximum atomic E-state index is 12.7. The number of nitrogens with zero attached hydrogens (tertiary/aromatic N) is 5. The lowest BCUT2D eigenvalue weighted by Gasteiger charge is -2.07. The van der Waals surface area contributed by atoms with Gasteiger partial charge in [-0.05, 0) is 37.6 Å². The van der Waals surface area contributed by atoms with Crippen LogP contribution in [-0.4, -0.2) is 43.2 Å². The molecule has 28 heavy (non-hydrogen) atoms. The third-order valence-electron chi connectivity index (χ3n) is 3.71. The van der Waals surface area contributed by atoms with E-state index in [1.165, 1.54) is 22.9 Å². The highest BCUT2D eigenvalue weighted by molar-refractivity contribution is 7.85. The Labute approximate surface area is 157 Å². The average Bonchev–Trinajstić information content (AvgIpc) is 3.17. The zero-order chi connectivity index (χ0) is 20.5. The number of nitrogens with one attached hydrogen (secondary N) is 2. The van der Waals surface area contributed by atoms with Crippen molar-refractivity contribution in [2.75, 3.05) is 0 Å². The van der Waals surface area contributed by atoms with Gasteiger partial charge in [0.25, 0.3) is 21.6 Å². The molecule has 0 saturated carbocycles. The van der Waals surface area contributed by atoms with Crippen LogP contribution in [0.4, 0.5) is 11.6 Å². The number of aryl methyl sites for hydroxylation is 2. The lowest BCUT2D eigenvalue weighted by molar-refractivity contribution is -0.254. The van der Waals surface area contributed by atoms with Crippen LogP contribution >= 0.6 is 0 Å².